The summed E-state index contributed by atoms with van der Waals surface area (Å²) in [6.45, 7) is 5.75. The summed E-state index contributed by atoms with van der Waals surface area (Å²) < 4.78 is -0.648. The molecule has 7 rings (SSSR count). The molecular formula is C63H75N7O6S. The third-order valence-corrected chi connectivity index (χ3v) is 15.9. The number of benzene rings is 6. The molecule has 1 fully saturated rings. The lowest BCUT2D eigenvalue weighted by Gasteiger charge is -2.43. The molecule has 0 radical (unpaired) electrons. The van der Waals surface area contributed by atoms with Crippen molar-refractivity contribution in [3.63, 3.8) is 0 Å². The highest BCUT2D eigenvalue weighted by Gasteiger charge is 2.44. The highest BCUT2D eigenvalue weighted by atomic mass is 32.2. The van der Waals surface area contributed by atoms with Gasteiger partial charge in [0.05, 0.1) is 10.2 Å². The highest BCUT2D eigenvalue weighted by molar-refractivity contribution is 8.00. The molecule has 0 bridgehead atoms. The SMILES string of the molecule is CCNC(=O)[C@]1(Cc2ccccc2)CCCN(C(=O)C(Cc2ccc3ccccc3c2)NC(=O)NCCCCNC(=O)CCCCCNC(=O)C(CSC(c2ccccc2)(c2ccccc2)c2ccccc2)NC(C)=O)C1. The first-order valence-corrected chi connectivity index (χ1v) is 28.2. The molecule has 13 nitrogen and oxygen atoms in total. The second-order valence-corrected chi connectivity index (χ2v) is 21.2. The normalized spacial score (nSPS) is 15.1. The minimum absolute atomic E-state index is 0.0612. The maximum absolute atomic E-state index is 14.6. The molecule has 6 aromatic rings. The third-order valence-electron chi connectivity index (χ3n) is 14.2. The number of carbonyl (C=O) groups excluding carboxylic acids is 6. The van der Waals surface area contributed by atoms with Crippen molar-refractivity contribution in [3.8, 4) is 0 Å². The van der Waals surface area contributed by atoms with Gasteiger partial charge in [0, 0.05) is 64.8 Å². The topological polar surface area (TPSA) is 178 Å². The van der Waals surface area contributed by atoms with Crippen LogP contribution in [-0.2, 0) is 41.6 Å². The van der Waals surface area contributed by atoms with Crippen LogP contribution in [0, 0.1) is 5.41 Å². The van der Waals surface area contributed by atoms with Crippen molar-refractivity contribution >= 4 is 58.1 Å². The number of fused-ring (bicyclic) bond motifs is 1. The average molecular weight is 1060 g/mol. The van der Waals surface area contributed by atoms with Crippen molar-refractivity contribution in [1.82, 2.24) is 36.8 Å². The van der Waals surface area contributed by atoms with Gasteiger partial charge >= 0.3 is 6.03 Å². The van der Waals surface area contributed by atoms with Gasteiger partial charge < -0.3 is 36.8 Å². The third kappa shape index (κ3) is 16.3. The van der Waals surface area contributed by atoms with Crippen LogP contribution < -0.4 is 31.9 Å². The van der Waals surface area contributed by atoms with E-state index in [0.717, 1.165) is 45.0 Å². The number of piperidine rings is 1. The molecule has 1 aliphatic heterocycles. The summed E-state index contributed by atoms with van der Waals surface area (Å²) in [5, 5.41) is 20.0. The zero-order chi connectivity index (χ0) is 54.3. The van der Waals surface area contributed by atoms with Crippen LogP contribution in [0.1, 0.15) is 93.0 Å². The number of nitrogens with one attached hydrogen (secondary N) is 6. The largest absolute Gasteiger partial charge is 0.356 e. The monoisotopic (exact) mass is 1060 g/mol. The first kappa shape index (κ1) is 57.3. The predicted octanol–water partition coefficient (Wildman–Crippen LogP) is 8.84. The van der Waals surface area contributed by atoms with E-state index in [2.05, 4.69) is 74.4 Å². The summed E-state index contributed by atoms with van der Waals surface area (Å²) in [5.41, 5.74) is 4.33. The van der Waals surface area contributed by atoms with Crippen LogP contribution in [0.5, 0.6) is 0 Å². The van der Waals surface area contributed by atoms with Crippen LogP contribution in [0.25, 0.3) is 10.8 Å². The Morgan fingerprint density at radius 1 is 0.597 bits per heavy atom. The van der Waals surface area contributed by atoms with Crippen molar-refractivity contribution in [2.24, 2.45) is 5.41 Å². The Morgan fingerprint density at radius 3 is 1.79 bits per heavy atom. The molecule has 77 heavy (non-hydrogen) atoms. The van der Waals surface area contributed by atoms with Gasteiger partial charge in [-0.2, -0.15) is 0 Å². The summed E-state index contributed by atoms with van der Waals surface area (Å²) in [5.74, 6) is -0.578. The van der Waals surface area contributed by atoms with Crippen LogP contribution >= 0.6 is 11.8 Å². The second-order valence-electron chi connectivity index (χ2n) is 20.0. The standard InChI is InChI=1S/C63H75N7O6S/c1-3-64-60(75)62(44-48-24-9-4-10-25-48)37-23-41-70(46-62)59(74)55(43-49-35-36-50-26-18-19-27-51(50)42-49)69-61(76)67-40-22-21-38-65-57(72)34-17-8-20-39-66-58(73)56(68-47(2)71)45-77-63(52-28-11-5-12-29-52,53-30-13-6-14-31-53)54-32-15-7-16-33-54/h4-7,9-16,18-19,24-33,35-36,42,55-56H,3,8,17,20-23,34,37-41,43-46H2,1-2H3,(H,64,75)(H,65,72)(H,66,73)(H,68,71)(H2,67,69,76)/t55?,56?,62-/m0/s1. The second kappa shape index (κ2) is 29.2. The van der Waals surface area contributed by atoms with Gasteiger partial charge in [-0.25, -0.2) is 4.79 Å². The van der Waals surface area contributed by atoms with Crippen molar-refractivity contribution < 1.29 is 28.8 Å². The summed E-state index contributed by atoms with van der Waals surface area (Å²) >= 11 is 1.61. The van der Waals surface area contributed by atoms with E-state index >= 15 is 0 Å². The van der Waals surface area contributed by atoms with E-state index in [9.17, 15) is 28.8 Å². The van der Waals surface area contributed by atoms with E-state index in [0.29, 0.717) is 89.8 Å². The Morgan fingerprint density at radius 2 is 1.17 bits per heavy atom. The number of unbranched alkanes of at least 4 members (excludes halogenated alkanes) is 3. The number of thioether (sulfide) groups is 1. The van der Waals surface area contributed by atoms with E-state index < -0.39 is 28.3 Å². The molecule has 0 aliphatic carbocycles. The molecule has 6 N–H and O–H groups in total. The van der Waals surface area contributed by atoms with Crippen LogP contribution in [0.2, 0.25) is 0 Å². The van der Waals surface area contributed by atoms with Crippen LogP contribution in [0.15, 0.2) is 164 Å². The average Bonchev–Trinajstić information content (AvgIpc) is 3.46. The molecule has 1 saturated heterocycles. The summed E-state index contributed by atoms with van der Waals surface area (Å²) in [6.07, 6.45) is 5.75. The van der Waals surface area contributed by atoms with Crippen LogP contribution in [0.3, 0.4) is 0 Å². The van der Waals surface area contributed by atoms with E-state index in [1.165, 1.54) is 6.92 Å². The zero-order valence-electron chi connectivity index (χ0n) is 44.6. The molecule has 404 valence electrons. The minimum atomic E-state index is -0.871. The number of hydrogen-bond acceptors (Lipinski definition) is 7. The molecule has 1 heterocycles. The van der Waals surface area contributed by atoms with Gasteiger partial charge in [-0.15, -0.1) is 11.8 Å². The first-order valence-electron chi connectivity index (χ1n) is 27.2. The maximum Gasteiger partial charge on any atom is 0.315 e. The van der Waals surface area contributed by atoms with Gasteiger partial charge in [-0.05, 0) is 90.5 Å². The lowest BCUT2D eigenvalue weighted by Crippen LogP contribution is -2.59. The van der Waals surface area contributed by atoms with Crippen molar-refractivity contribution in [1.29, 1.82) is 0 Å². The molecule has 6 aromatic carbocycles. The predicted molar refractivity (Wildman–Crippen MR) is 308 cm³/mol. The van der Waals surface area contributed by atoms with E-state index in [-0.39, 0.29) is 42.5 Å². The zero-order valence-corrected chi connectivity index (χ0v) is 45.4. The van der Waals surface area contributed by atoms with Crippen molar-refractivity contribution in [2.75, 3.05) is 45.0 Å². The Bertz CT molecular complexity index is 2760. The highest BCUT2D eigenvalue weighted by Crippen LogP contribution is 2.48. The van der Waals surface area contributed by atoms with Gasteiger partial charge in [-0.1, -0.05) is 170 Å². The Kier molecular flexibility index (Phi) is 21.7. The molecule has 0 spiro atoms. The number of rotatable bonds is 27. The number of urea groups is 1. The Labute approximate surface area is 458 Å². The molecule has 14 heteroatoms. The fourth-order valence-electron chi connectivity index (χ4n) is 10.4. The minimum Gasteiger partial charge on any atom is -0.356 e. The Hall–Kier alpha value is -7.45. The van der Waals surface area contributed by atoms with Gasteiger partial charge in [0.25, 0.3) is 0 Å². The van der Waals surface area contributed by atoms with Crippen LogP contribution in [0.4, 0.5) is 4.79 Å². The van der Waals surface area contributed by atoms with E-state index in [1.807, 2.05) is 128 Å². The lowest BCUT2D eigenvalue weighted by atomic mass is 9.74. The number of nitrogens with zero attached hydrogens (tertiary/aromatic N) is 1. The van der Waals surface area contributed by atoms with Crippen molar-refractivity contribution in [2.45, 2.75) is 94.9 Å². The fourth-order valence-corrected chi connectivity index (χ4v) is 12.0. The van der Waals surface area contributed by atoms with Crippen molar-refractivity contribution in [3.05, 3.63) is 192 Å². The summed E-state index contributed by atoms with van der Waals surface area (Å²) in [6, 6.07) is 52.6. The number of amides is 7. The molecule has 0 aromatic heterocycles. The van der Waals surface area contributed by atoms with E-state index in [1.54, 1.807) is 16.7 Å². The molecule has 0 saturated carbocycles. The van der Waals surface area contributed by atoms with Gasteiger partial charge in [0.2, 0.25) is 29.5 Å². The van der Waals surface area contributed by atoms with Gasteiger partial charge in [0.1, 0.15) is 12.1 Å². The molecule has 3 atom stereocenters. The fraction of sp³-hybridized carbons (Fsp3) is 0.365. The first-order chi connectivity index (χ1) is 37.5. The molecule has 1 aliphatic rings. The van der Waals surface area contributed by atoms with Gasteiger partial charge in [-0.3, -0.25) is 24.0 Å². The van der Waals surface area contributed by atoms with Gasteiger partial charge in [0.15, 0.2) is 0 Å². The molecule has 2 unspecified atom stereocenters. The number of carbonyl (C=O) groups is 6. The van der Waals surface area contributed by atoms with E-state index in [4.69, 9.17) is 0 Å². The summed E-state index contributed by atoms with van der Waals surface area (Å²) in [4.78, 5) is 82.4. The maximum atomic E-state index is 14.6. The van der Waals surface area contributed by atoms with Crippen LogP contribution in [-0.4, -0.2) is 97.6 Å². The smallest absolute Gasteiger partial charge is 0.315 e. The Balaban J connectivity index is 0.841. The number of likely N-dealkylation sites (tertiary alicyclic amines) is 1. The lowest BCUT2D eigenvalue weighted by molar-refractivity contribution is -0.143. The molecule has 7 amide bonds. The number of hydrogen-bond donors (Lipinski definition) is 6. The molecular weight excluding hydrogens is 983 g/mol. The quantitative estimate of drug-likeness (QED) is 0.0221. The summed E-state index contributed by atoms with van der Waals surface area (Å²) in [7, 11) is 0.